The quantitative estimate of drug-likeness (QED) is 0.825. The second-order valence-corrected chi connectivity index (χ2v) is 4.73. The maximum Gasteiger partial charge on any atom is 0.253 e. The Kier molecular flexibility index (Phi) is 4.09. The molecule has 0 saturated carbocycles. The van der Waals surface area contributed by atoms with Crippen LogP contribution >= 0.6 is 15.9 Å². The van der Waals surface area contributed by atoms with Crippen LogP contribution in [0.2, 0.25) is 0 Å². The molecule has 0 bridgehead atoms. The van der Waals surface area contributed by atoms with Crippen LogP contribution in [-0.4, -0.2) is 29.6 Å². The first-order valence-corrected chi connectivity index (χ1v) is 6.26. The summed E-state index contributed by atoms with van der Waals surface area (Å²) in [5, 5.41) is 2.77. The van der Waals surface area contributed by atoms with Gasteiger partial charge in [0.1, 0.15) is 10.7 Å². The Balaban J connectivity index is 1.91. The zero-order valence-corrected chi connectivity index (χ0v) is 10.8. The molecule has 1 aliphatic heterocycles. The number of carbonyl (C=O) groups excluding carboxylic acids is 1. The van der Waals surface area contributed by atoms with Gasteiger partial charge in [-0.2, -0.15) is 0 Å². The highest BCUT2D eigenvalue weighted by Crippen LogP contribution is 2.20. The molecule has 0 spiro atoms. The monoisotopic (exact) mass is 299 g/mol. The standard InChI is InChI=1S/C11H14BrN3O2/c12-10-4-1-7(6-14-10)15-11(16)9-3-2-8(5-13)17-9/h1,4,6,8-9H,2-3,5,13H2,(H,15,16). The third-order valence-electron chi connectivity index (χ3n) is 2.66. The van der Waals surface area contributed by atoms with E-state index in [1.54, 1.807) is 18.3 Å². The van der Waals surface area contributed by atoms with E-state index in [-0.39, 0.29) is 12.0 Å². The number of pyridine rings is 1. The highest BCUT2D eigenvalue weighted by Gasteiger charge is 2.29. The first kappa shape index (κ1) is 12.5. The summed E-state index contributed by atoms with van der Waals surface area (Å²) in [6.07, 6.45) is 2.77. The van der Waals surface area contributed by atoms with Crippen molar-refractivity contribution in [1.82, 2.24) is 4.98 Å². The second kappa shape index (κ2) is 5.57. The first-order chi connectivity index (χ1) is 8.19. The van der Waals surface area contributed by atoms with Crippen molar-refractivity contribution in [2.75, 3.05) is 11.9 Å². The molecule has 0 aliphatic carbocycles. The summed E-state index contributed by atoms with van der Waals surface area (Å²) < 4.78 is 6.23. The van der Waals surface area contributed by atoms with E-state index in [4.69, 9.17) is 10.5 Å². The molecule has 3 N–H and O–H groups in total. The molecular weight excluding hydrogens is 286 g/mol. The van der Waals surface area contributed by atoms with Crippen LogP contribution in [0.5, 0.6) is 0 Å². The lowest BCUT2D eigenvalue weighted by atomic mass is 10.2. The second-order valence-electron chi connectivity index (χ2n) is 3.92. The largest absolute Gasteiger partial charge is 0.364 e. The van der Waals surface area contributed by atoms with Gasteiger partial charge in [0.15, 0.2) is 0 Å². The van der Waals surface area contributed by atoms with Gasteiger partial charge in [0, 0.05) is 6.54 Å². The van der Waals surface area contributed by atoms with E-state index in [2.05, 4.69) is 26.2 Å². The average molecular weight is 300 g/mol. The minimum atomic E-state index is -0.396. The number of anilines is 1. The van der Waals surface area contributed by atoms with Crippen LogP contribution in [-0.2, 0) is 9.53 Å². The predicted molar refractivity (Wildman–Crippen MR) is 67.5 cm³/mol. The van der Waals surface area contributed by atoms with Crippen molar-refractivity contribution >= 4 is 27.5 Å². The Bertz CT molecular complexity index is 396. The maximum absolute atomic E-state index is 11.8. The van der Waals surface area contributed by atoms with Gasteiger partial charge in [-0.25, -0.2) is 4.98 Å². The van der Waals surface area contributed by atoms with E-state index in [0.717, 1.165) is 17.4 Å². The van der Waals surface area contributed by atoms with Crippen molar-refractivity contribution < 1.29 is 9.53 Å². The molecule has 1 fully saturated rings. The average Bonchev–Trinajstić information content (AvgIpc) is 2.81. The van der Waals surface area contributed by atoms with Gasteiger partial charge in [-0.1, -0.05) is 0 Å². The van der Waals surface area contributed by atoms with Crippen LogP contribution in [0.3, 0.4) is 0 Å². The maximum atomic E-state index is 11.8. The van der Waals surface area contributed by atoms with Gasteiger partial charge in [0.25, 0.3) is 5.91 Å². The number of nitrogens with one attached hydrogen (secondary N) is 1. The molecule has 1 amide bonds. The molecule has 1 aromatic rings. The van der Waals surface area contributed by atoms with Crippen molar-refractivity contribution in [2.45, 2.75) is 25.0 Å². The van der Waals surface area contributed by atoms with Crippen LogP contribution in [0.15, 0.2) is 22.9 Å². The topological polar surface area (TPSA) is 77.2 Å². The summed E-state index contributed by atoms with van der Waals surface area (Å²) in [7, 11) is 0. The van der Waals surface area contributed by atoms with Crippen LogP contribution in [0, 0.1) is 0 Å². The fraction of sp³-hybridized carbons (Fsp3) is 0.455. The fourth-order valence-electron chi connectivity index (χ4n) is 1.74. The van der Waals surface area contributed by atoms with Crippen LogP contribution in [0.25, 0.3) is 0 Å². The third kappa shape index (κ3) is 3.24. The molecule has 17 heavy (non-hydrogen) atoms. The van der Waals surface area contributed by atoms with Crippen molar-refractivity contribution in [3.05, 3.63) is 22.9 Å². The Hall–Kier alpha value is -0.980. The molecule has 6 heteroatoms. The lowest BCUT2D eigenvalue weighted by molar-refractivity contribution is -0.126. The van der Waals surface area contributed by atoms with Crippen LogP contribution < -0.4 is 11.1 Å². The lowest BCUT2D eigenvalue weighted by Gasteiger charge is -2.12. The van der Waals surface area contributed by atoms with Gasteiger partial charge in [0.2, 0.25) is 0 Å². The highest BCUT2D eigenvalue weighted by molar-refractivity contribution is 9.10. The number of aromatic nitrogens is 1. The zero-order chi connectivity index (χ0) is 12.3. The fourth-order valence-corrected chi connectivity index (χ4v) is 1.98. The summed E-state index contributed by atoms with van der Waals surface area (Å²) in [6.45, 7) is 0.462. The molecule has 2 rings (SSSR count). The van der Waals surface area contributed by atoms with Crippen molar-refractivity contribution in [1.29, 1.82) is 0 Å². The Morgan fingerprint density at radius 3 is 3.00 bits per heavy atom. The Morgan fingerprint density at radius 2 is 2.41 bits per heavy atom. The van der Waals surface area contributed by atoms with Gasteiger partial charge in [-0.05, 0) is 40.9 Å². The molecule has 2 atom stereocenters. The number of nitrogens with zero attached hydrogens (tertiary/aromatic N) is 1. The van der Waals surface area contributed by atoms with Crippen molar-refractivity contribution in [3.8, 4) is 0 Å². The van der Waals surface area contributed by atoms with Crippen LogP contribution in [0.4, 0.5) is 5.69 Å². The third-order valence-corrected chi connectivity index (χ3v) is 3.13. The summed E-state index contributed by atoms with van der Waals surface area (Å²) in [6, 6.07) is 3.55. The molecule has 2 heterocycles. The number of hydrogen-bond acceptors (Lipinski definition) is 4. The normalized spacial score (nSPS) is 23.6. The lowest BCUT2D eigenvalue weighted by Crippen LogP contribution is -2.29. The molecule has 1 aliphatic rings. The van der Waals surface area contributed by atoms with Crippen molar-refractivity contribution in [2.24, 2.45) is 5.73 Å². The molecular formula is C11H14BrN3O2. The highest BCUT2D eigenvalue weighted by atomic mass is 79.9. The van der Waals surface area contributed by atoms with E-state index in [0.29, 0.717) is 12.2 Å². The molecule has 0 radical (unpaired) electrons. The molecule has 0 aromatic carbocycles. The molecule has 92 valence electrons. The predicted octanol–water partition coefficient (Wildman–Crippen LogP) is 1.29. The number of amides is 1. The molecule has 2 unspecified atom stereocenters. The Morgan fingerprint density at radius 1 is 1.59 bits per heavy atom. The molecule has 1 saturated heterocycles. The SMILES string of the molecule is NCC1CCC(C(=O)Nc2ccc(Br)nc2)O1. The summed E-state index contributed by atoms with van der Waals surface area (Å²) in [5.41, 5.74) is 6.16. The van der Waals surface area contributed by atoms with Gasteiger partial charge in [0.05, 0.1) is 18.0 Å². The van der Waals surface area contributed by atoms with E-state index in [1.807, 2.05) is 0 Å². The molecule has 1 aromatic heterocycles. The smallest absolute Gasteiger partial charge is 0.253 e. The minimum Gasteiger partial charge on any atom is -0.364 e. The van der Waals surface area contributed by atoms with Gasteiger partial charge in [-0.15, -0.1) is 0 Å². The zero-order valence-electron chi connectivity index (χ0n) is 9.23. The van der Waals surface area contributed by atoms with Crippen LogP contribution in [0.1, 0.15) is 12.8 Å². The number of halogens is 1. The summed E-state index contributed by atoms with van der Waals surface area (Å²) >= 11 is 3.23. The van der Waals surface area contributed by atoms with Crippen molar-refractivity contribution in [3.63, 3.8) is 0 Å². The Labute approximate surface area is 108 Å². The number of hydrogen-bond donors (Lipinski definition) is 2. The number of ether oxygens (including phenoxy) is 1. The van der Waals surface area contributed by atoms with Gasteiger partial charge < -0.3 is 15.8 Å². The number of rotatable bonds is 3. The van der Waals surface area contributed by atoms with E-state index in [1.165, 1.54) is 0 Å². The minimum absolute atomic E-state index is 0.00814. The van der Waals surface area contributed by atoms with E-state index in [9.17, 15) is 4.79 Å². The molecule has 5 nitrogen and oxygen atoms in total. The number of carbonyl (C=O) groups is 1. The summed E-state index contributed by atoms with van der Waals surface area (Å²) in [5.74, 6) is -0.134. The van der Waals surface area contributed by atoms with E-state index >= 15 is 0 Å². The van der Waals surface area contributed by atoms with Gasteiger partial charge in [-0.3, -0.25) is 4.79 Å². The van der Waals surface area contributed by atoms with Gasteiger partial charge >= 0.3 is 0 Å². The number of nitrogens with two attached hydrogens (primary N) is 1. The first-order valence-electron chi connectivity index (χ1n) is 5.47. The summed E-state index contributed by atoms with van der Waals surface area (Å²) in [4.78, 5) is 15.9. The van der Waals surface area contributed by atoms with E-state index < -0.39 is 6.10 Å².